The molecule has 0 bridgehead atoms. The summed E-state index contributed by atoms with van der Waals surface area (Å²) in [6.07, 6.45) is 4.83. The van der Waals surface area contributed by atoms with Crippen molar-refractivity contribution < 1.29 is 4.74 Å². The van der Waals surface area contributed by atoms with E-state index in [0.717, 1.165) is 26.1 Å². The van der Waals surface area contributed by atoms with E-state index in [1.165, 1.54) is 5.69 Å². The average Bonchev–Trinajstić information content (AvgIpc) is 2.63. The van der Waals surface area contributed by atoms with Crippen LogP contribution in [0, 0.1) is 0 Å². The van der Waals surface area contributed by atoms with Gasteiger partial charge in [-0.05, 0) is 6.42 Å². The van der Waals surface area contributed by atoms with Gasteiger partial charge in [0.2, 0.25) is 0 Å². The second-order valence-corrected chi connectivity index (χ2v) is 3.96. The Hall–Kier alpha value is -0.870. The fourth-order valence-corrected chi connectivity index (χ4v) is 1.38. The van der Waals surface area contributed by atoms with Crippen LogP contribution in [0.15, 0.2) is 12.5 Å². The van der Waals surface area contributed by atoms with Gasteiger partial charge in [-0.3, -0.25) is 0 Å². The highest BCUT2D eigenvalue weighted by atomic mass is 16.5. The first-order chi connectivity index (χ1) is 7.24. The van der Waals surface area contributed by atoms with Crippen LogP contribution in [0.25, 0.3) is 0 Å². The minimum Gasteiger partial charge on any atom is -0.385 e. The Morgan fingerprint density at radius 2 is 2.33 bits per heavy atom. The van der Waals surface area contributed by atoms with Crippen LogP contribution in [0.4, 0.5) is 0 Å². The summed E-state index contributed by atoms with van der Waals surface area (Å²) < 4.78 is 7.20. The zero-order chi connectivity index (χ0) is 11.1. The summed E-state index contributed by atoms with van der Waals surface area (Å²) in [4.78, 5) is 4.16. The molecule has 0 aromatic carbocycles. The maximum Gasteiger partial charge on any atom is 0.0948 e. The van der Waals surface area contributed by atoms with E-state index in [1.807, 2.05) is 12.5 Å². The van der Waals surface area contributed by atoms with Crippen LogP contribution in [0.5, 0.6) is 0 Å². The molecule has 1 N–H and O–H groups in total. The maximum absolute atomic E-state index is 5.03. The van der Waals surface area contributed by atoms with E-state index < -0.39 is 0 Å². The van der Waals surface area contributed by atoms with E-state index in [2.05, 4.69) is 28.7 Å². The molecule has 4 nitrogen and oxygen atoms in total. The van der Waals surface area contributed by atoms with Crippen molar-refractivity contribution in [2.24, 2.45) is 0 Å². The van der Waals surface area contributed by atoms with Crippen molar-refractivity contribution in [3.8, 4) is 0 Å². The highest BCUT2D eigenvalue weighted by molar-refractivity contribution is 4.98. The van der Waals surface area contributed by atoms with Gasteiger partial charge in [0.15, 0.2) is 0 Å². The number of rotatable bonds is 7. The van der Waals surface area contributed by atoms with Crippen molar-refractivity contribution >= 4 is 0 Å². The van der Waals surface area contributed by atoms with Crippen molar-refractivity contribution in [3.05, 3.63) is 18.2 Å². The normalized spacial score (nSPS) is 11.2. The topological polar surface area (TPSA) is 39.1 Å². The molecule has 0 aliphatic heterocycles. The molecule has 1 aromatic rings. The van der Waals surface area contributed by atoms with Gasteiger partial charge in [-0.25, -0.2) is 4.98 Å². The molecule has 0 aliphatic rings. The van der Waals surface area contributed by atoms with Crippen molar-refractivity contribution in [2.75, 3.05) is 13.7 Å². The van der Waals surface area contributed by atoms with Crippen molar-refractivity contribution in [2.45, 2.75) is 39.4 Å². The average molecular weight is 211 g/mol. The minimum atomic E-state index is 0.507. The molecule has 4 heteroatoms. The summed E-state index contributed by atoms with van der Waals surface area (Å²) >= 11 is 0. The highest BCUT2D eigenvalue weighted by Gasteiger charge is 2.02. The molecule has 15 heavy (non-hydrogen) atoms. The number of nitrogens with zero attached hydrogens (tertiary/aromatic N) is 2. The van der Waals surface area contributed by atoms with Crippen LogP contribution in [0.1, 0.15) is 26.0 Å². The Kier molecular flexibility index (Phi) is 5.36. The number of hydrogen-bond donors (Lipinski definition) is 1. The van der Waals surface area contributed by atoms with Gasteiger partial charge in [0.05, 0.1) is 12.0 Å². The monoisotopic (exact) mass is 211 g/mol. The zero-order valence-corrected chi connectivity index (χ0v) is 9.86. The van der Waals surface area contributed by atoms with Gasteiger partial charge in [0.1, 0.15) is 0 Å². The smallest absolute Gasteiger partial charge is 0.0948 e. The Morgan fingerprint density at radius 1 is 1.53 bits per heavy atom. The summed E-state index contributed by atoms with van der Waals surface area (Å²) in [5.74, 6) is 0. The fourth-order valence-electron chi connectivity index (χ4n) is 1.38. The molecule has 0 spiro atoms. The predicted octanol–water partition coefficient (Wildman–Crippen LogP) is 1.42. The lowest BCUT2D eigenvalue weighted by Gasteiger charge is -2.10. The second-order valence-electron chi connectivity index (χ2n) is 3.96. The van der Waals surface area contributed by atoms with Gasteiger partial charge >= 0.3 is 0 Å². The van der Waals surface area contributed by atoms with Gasteiger partial charge in [-0.15, -0.1) is 0 Å². The number of hydrogen-bond acceptors (Lipinski definition) is 3. The number of ether oxygens (including phenoxy) is 1. The summed E-state index contributed by atoms with van der Waals surface area (Å²) in [5, 5.41) is 3.39. The van der Waals surface area contributed by atoms with Crippen LogP contribution < -0.4 is 5.32 Å². The zero-order valence-electron chi connectivity index (χ0n) is 9.86. The summed E-state index contributed by atoms with van der Waals surface area (Å²) in [6, 6.07) is 0.507. The molecule has 86 valence electrons. The van der Waals surface area contributed by atoms with Gasteiger partial charge in [0.25, 0.3) is 0 Å². The maximum atomic E-state index is 5.03. The van der Waals surface area contributed by atoms with Gasteiger partial charge in [-0.2, -0.15) is 0 Å². The van der Waals surface area contributed by atoms with Gasteiger partial charge < -0.3 is 14.6 Å². The molecule has 1 aromatic heterocycles. The summed E-state index contributed by atoms with van der Waals surface area (Å²) in [5.41, 5.74) is 1.24. The number of nitrogens with one attached hydrogen (secondary N) is 1. The molecule has 0 saturated heterocycles. The first kappa shape index (κ1) is 12.2. The lowest BCUT2D eigenvalue weighted by Crippen LogP contribution is -2.23. The molecule has 0 amide bonds. The number of aromatic nitrogens is 2. The first-order valence-corrected chi connectivity index (χ1v) is 5.45. The van der Waals surface area contributed by atoms with Crippen molar-refractivity contribution in [1.29, 1.82) is 0 Å². The Morgan fingerprint density at radius 3 is 3.00 bits per heavy atom. The van der Waals surface area contributed by atoms with Gasteiger partial charge in [-0.1, -0.05) is 13.8 Å². The molecule has 0 atom stereocenters. The SMILES string of the molecule is COCCCn1cncc1CNC(C)C. The molecule has 0 saturated carbocycles. The van der Waals surface area contributed by atoms with Crippen molar-refractivity contribution in [1.82, 2.24) is 14.9 Å². The third-order valence-electron chi connectivity index (χ3n) is 2.24. The molecule has 1 rings (SSSR count). The standard InChI is InChI=1S/C11H21N3O/c1-10(2)13-8-11-7-12-9-14(11)5-4-6-15-3/h7,9-10,13H,4-6,8H2,1-3H3. The molecule has 0 unspecified atom stereocenters. The van der Waals surface area contributed by atoms with Crippen LogP contribution in [0.2, 0.25) is 0 Å². The van der Waals surface area contributed by atoms with E-state index in [0.29, 0.717) is 6.04 Å². The second kappa shape index (κ2) is 6.58. The van der Waals surface area contributed by atoms with Gasteiger partial charge in [0, 0.05) is 39.0 Å². The molecule has 0 aliphatic carbocycles. The van der Waals surface area contributed by atoms with E-state index in [4.69, 9.17) is 4.74 Å². The molecular formula is C11H21N3O. The van der Waals surface area contributed by atoms with E-state index >= 15 is 0 Å². The fraction of sp³-hybridized carbons (Fsp3) is 0.727. The Labute approximate surface area is 91.7 Å². The van der Waals surface area contributed by atoms with E-state index in [9.17, 15) is 0 Å². The van der Waals surface area contributed by atoms with Crippen LogP contribution in [-0.2, 0) is 17.8 Å². The number of aryl methyl sites for hydroxylation is 1. The molecular weight excluding hydrogens is 190 g/mol. The molecule has 0 fully saturated rings. The minimum absolute atomic E-state index is 0.507. The predicted molar refractivity (Wildman–Crippen MR) is 60.7 cm³/mol. The highest BCUT2D eigenvalue weighted by Crippen LogP contribution is 2.01. The first-order valence-electron chi connectivity index (χ1n) is 5.45. The summed E-state index contributed by atoms with van der Waals surface area (Å²) in [6.45, 7) is 6.94. The summed E-state index contributed by atoms with van der Waals surface area (Å²) in [7, 11) is 1.73. The molecule has 0 radical (unpaired) electrons. The largest absolute Gasteiger partial charge is 0.385 e. The third kappa shape index (κ3) is 4.44. The van der Waals surface area contributed by atoms with Crippen LogP contribution >= 0.6 is 0 Å². The lowest BCUT2D eigenvalue weighted by molar-refractivity contribution is 0.190. The van der Waals surface area contributed by atoms with E-state index in [-0.39, 0.29) is 0 Å². The third-order valence-corrected chi connectivity index (χ3v) is 2.24. The Balaban J connectivity index is 2.39. The number of imidazole rings is 1. The number of methoxy groups -OCH3 is 1. The quantitative estimate of drug-likeness (QED) is 0.693. The Bertz CT molecular complexity index is 271. The lowest BCUT2D eigenvalue weighted by atomic mass is 10.3. The molecule has 1 heterocycles. The van der Waals surface area contributed by atoms with Crippen LogP contribution in [-0.4, -0.2) is 29.3 Å². The van der Waals surface area contributed by atoms with E-state index in [1.54, 1.807) is 7.11 Å². The van der Waals surface area contributed by atoms with Crippen molar-refractivity contribution in [3.63, 3.8) is 0 Å². The van der Waals surface area contributed by atoms with Crippen LogP contribution in [0.3, 0.4) is 0 Å².